The zero-order valence-electron chi connectivity index (χ0n) is 10.4. The van der Waals surface area contributed by atoms with Crippen LogP contribution in [0.15, 0.2) is 24.8 Å². The Morgan fingerprint density at radius 3 is 2.65 bits per heavy atom. The lowest BCUT2D eigenvalue weighted by atomic mass is 10.1. The van der Waals surface area contributed by atoms with Crippen molar-refractivity contribution in [3.05, 3.63) is 41.7 Å². The van der Waals surface area contributed by atoms with Crippen molar-refractivity contribution in [1.29, 1.82) is 5.26 Å². The number of benzene rings is 1. The molecule has 0 aliphatic carbocycles. The van der Waals surface area contributed by atoms with E-state index >= 15 is 0 Å². The first-order valence-electron chi connectivity index (χ1n) is 5.12. The van der Waals surface area contributed by atoms with Crippen molar-refractivity contribution in [3.63, 3.8) is 0 Å². The Labute approximate surface area is 103 Å². The lowest BCUT2D eigenvalue weighted by molar-refractivity contribution is 0.623. The van der Waals surface area contributed by atoms with Crippen LogP contribution in [0.4, 0.5) is 4.39 Å². The van der Waals surface area contributed by atoms with Crippen LogP contribution in [0.1, 0.15) is 11.1 Å². The summed E-state index contributed by atoms with van der Waals surface area (Å²) in [6, 6.07) is 6.27. The molecule has 0 bridgehead atoms. The number of nitrogens with zero attached hydrogens (tertiary/aromatic N) is 1. The van der Waals surface area contributed by atoms with E-state index in [0.717, 1.165) is 17.1 Å². The van der Waals surface area contributed by atoms with Gasteiger partial charge in [-0.2, -0.15) is 5.26 Å². The summed E-state index contributed by atoms with van der Waals surface area (Å²) < 4.78 is 13.1. The van der Waals surface area contributed by atoms with Crippen molar-refractivity contribution in [2.75, 3.05) is 24.6 Å². The molecule has 0 fully saturated rings. The standard InChI is InChI=1S/C13H17FN2S/c1-10(16-9-17(2,3)4)11-5-6-13(14)12(7-11)8-15/h5-7,16H,1,9H2,2-4H3. The molecule has 0 atom stereocenters. The molecule has 0 saturated carbocycles. The van der Waals surface area contributed by atoms with Crippen molar-refractivity contribution in [3.8, 4) is 6.07 Å². The van der Waals surface area contributed by atoms with Crippen LogP contribution in [-0.2, 0) is 0 Å². The van der Waals surface area contributed by atoms with Gasteiger partial charge in [-0.1, -0.05) is 6.58 Å². The van der Waals surface area contributed by atoms with E-state index in [4.69, 9.17) is 5.26 Å². The quantitative estimate of drug-likeness (QED) is 0.894. The Kier molecular flexibility index (Phi) is 4.19. The molecule has 92 valence electrons. The van der Waals surface area contributed by atoms with Crippen LogP contribution in [0.5, 0.6) is 0 Å². The van der Waals surface area contributed by atoms with Gasteiger partial charge >= 0.3 is 0 Å². The van der Waals surface area contributed by atoms with Crippen LogP contribution < -0.4 is 5.32 Å². The minimum Gasteiger partial charge on any atom is -0.377 e. The fraction of sp³-hybridized carbons (Fsp3) is 0.308. The maximum absolute atomic E-state index is 13.1. The van der Waals surface area contributed by atoms with Crippen molar-refractivity contribution in [2.45, 2.75) is 0 Å². The first kappa shape index (κ1) is 13.6. The number of nitriles is 1. The molecular formula is C13H17FN2S. The average Bonchev–Trinajstić information content (AvgIpc) is 2.25. The van der Waals surface area contributed by atoms with Crippen molar-refractivity contribution in [1.82, 2.24) is 5.32 Å². The van der Waals surface area contributed by atoms with Gasteiger partial charge in [0.2, 0.25) is 0 Å². The van der Waals surface area contributed by atoms with Crippen LogP contribution >= 0.6 is 10.0 Å². The highest BCUT2D eigenvalue weighted by molar-refractivity contribution is 8.32. The average molecular weight is 252 g/mol. The summed E-state index contributed by atoms with van der Waals surface area (Å²) in [4.78, 5) is 0. The lowest BCUT2D eigenvalue weighted by Crippen LogP contribution is -2.17. The van der Waals surface area contributed by atoms with Crippen LogP contribution in [0.3, 0.4) is 0 Å². The molecule has 0 unspecified atom stereocenters. The Bertz CT molecular complexity index is 469. The molecule has 0 aliphatic rings. The van der Waals surface area contributed by atoms with Crippen molar-refractivity contribution < 1.29 is 4.39 Å². The van der Waals surface area contributed by atoms with E-state index in [1.54, 1.807) is 6.07 Å². The van der Waals surface area contributed by atoms with E-state index in [0.29, 0.717) is 0 Å². The van der Waals surface area contributed by atoms with Gasteiger partial charge < -0.3 is 5.32 Å². The van der Waals surface area contributed by atoms with Gasteiger partial charge in [0, 0.05) is 11.6 Å². The largest absolute Gasteiger partial charge is 0.377 e. The monoisotopic (exact) mass is 252 g/mol. The van der Waals surface area contributed by atoms with Crippen LogP contribution in [0.2, 0.25) is 0 Å². The zero-order valence-corrected chi connectivity index (χ0v) is 11.2. The molecule has 0 heterocycles. The second-order valence-corrected chi connectivity index (χ2v) is 9.17. The summed E-state index contributed by atoms with van der Waals surface area (Å²) in [5.74, 6) is 0.357. The molecule has 0 spiro atoms. The molecule has 0 aromatic heterocycles. The molecule has 0 radical (unpaired) electrons. The van der Waals surface area contributed by atoms with Gasteiger partial charge in [0.15, 0.2) is 0 Å². The van der Waals surface area contributed by atoms with Gasteiger partial charge in [0.05, 0.1) is 5.56 Å². The summed E-state index contributed by atoms with van der Waals surface area (Å²) in [5, 5.41) is 12.0. The van der Waals surface area contributed by atoms with Gasteiger partial charge in [-0.25, -0.2) is 14.4 Å². The van der Waals surface area contributed by atoms with Crippen molar-refractivity contribution in [2.24, 2.45) is 0 Å². The van der Waals surface area contributed by atoms with E-state index in [2.05, 4.69) is 30.7 Å². The van der Waals surface area contributed by atoms with E-state index in [1.807, 2.05) is 6.07 Å². The maximum Gasteiger partial charge on any atom is 0.140 e. The van der Waals surface area contributed by atoms with Gasteiger partial charge in [-0.15, -0.1) is 0 Å². The Hall–Kier alpha value is -1.47. The Balaban J connectivity index is 2.81. The van der Waals surface area contributed by atoms with Gasteiger partial charge in [-0.05, 0) is 42.5 Å². The second kappa shape index (κ2) is 5.24. The Morgan fingerprint density at radius 1 is 1.47 bits per heavy atom. The number of hydrogen-bond acceptors (Lipinski definition) is 2. The first-order chi connectivity index (χ1) is 7.83. The smallest absolute Gasteiger partial charge is 0.140 e. The third kappa shape index (κ3) is 4.12. The number of nitrogens with one attached hydrogen (secondary N) is 1. The summed E-state index contributed by atoms with van der Waals surface area (Å²) in [6.07, 6.45) is 6.58. The number of hydrogen-bond donors (Lipinski definition) is 1. The molecule has 0 amide bonds. The van der Waals surface area contributed by atoms with E-state index < -0.39 is 15.8 Å². The zero-order chi connectivity index (χ0) is 13.1. The molecule has 1 aromatic rings. The second-order valence-electron chi connectivity index (χ2n) is 4.70. The van der Waals surface area contributed by atoms with Gasteiger partial charge in [0.25, 0.3) is 0 Å². The van der Waals surface area contributed by atoms with Crippen molar-refractivity contribution >= 4 is 15.7 Å². The van der Waals surface area contributed by atoms with Gasteiger partial charge in [-0.3, -0.25) is 0 Å². The molecule has 17 heavy (non-hydrogen) atoms. The van der Waals surface area contributed by atoms with Gasteiger partial charge in [0.1, 0.15) is 11.9 Å². The highest BCUT2D eigenvalue weighted by Gasteiger charge is 2.07. The summed E-state index contributed by atoms with van der Waals surface area (Å²) >= 11 is 0. The molecule has 1 N–H and O–H groups in total. The molecule has 1 rings (SSSR count). The van der Waals surface area contributed by atoms with E-state index in [1.165, 1.54) is 12.1 Å². The minimum absolute atomic E-state index is 0.0496. The van der Waals surface area contributed by atoms with Crippen LogP contribution in [-0.4, -0.2) is 24.6 Å². The molecular weight excluding hydrogens is 235 g/mol. The lowest BCUT2D eigenvalue weighted by Gasteiger charge is -2.26. The SMILES string of the molecule is C=C(NCS(C)(C)C)c1ccc(F)c(C#N)c1. The molecule has 2 nitrogen and oxygen atoms in total. The molecule has 0 aliphatic heterocycles. The highest BCUT2D eigenvalue weighted by atomic mass is 32.3. The summed E-state index contributed by atoms with van der Waals surface area (Å²) in [7, 11) is -0.662. The molecule has 4 heteroatoms. The number of rotatable bonds is 4. The first-order valence-corrected chi connectivity index (χ1v) is 8.15. The fourth-order valence-electron chi connectivity index (χ4n) is 1.20. The molecule has 1 aromatic carbocycles. The predicted octanol–water partition coefficient (Wildman–Crippen LogP) is 2.91. The Morgan fingerprint density at radius 2 is 2.12 bits per heavy atom. The van der Waals surface area contributed by atoms with Crippen LogP contribution in [0.25, 0.3) is 5.70 Å². The predicted molar refractivity (Wildman–Crippen MR) is 73.5 cm³/mol. The third-order valence-electron chi connectivity index (χ3n) is 2.15. The minimum atomic E-state index is -0.662. The summed E-state index contributed by atoms with van der Waals surface area (Å²) in [5.41, 5.74) is 1.53. The highest BCUT2D eigenvalue weighted by Crippen LogP contribution is 2.33. The van der Waals surface area contributed by atoms with Crippen LogP contribution in [0, 0.1) is 17.1 Å². The molecule has 0 saturated heterocycles. The normalized spacial score (nSPS) is 11.7. The maximum atomic E-state index is 13.1. The summed E-state index contributed by atoms with van der Waals surface area (Å²) in [6.45, 7) is 3.90. The number of halogens is 1. The topological polar surface area (TPSA) is 35.8 Å². The third-order valence-corrected chi connectivity index (χ3v) is 3.16. The van der Waals surface area contributed by atoms with E-state index in [-0.39, 0.29) is 5.56 Å². The fourth-order valence-corrected chi connectivity index (χ4v) is 1.81. The van der Waals surface area contributed by atoms with E-state index in [9.17, 15) is 4.39 Å².